The lowest BCUT2D eigenvalue weighted by Crippen LogP contribution is -2.33. The zero-order valence-corrected chi connectivity index (χ0v) is 16.0. The Morgan fingerprint density at radius 2 is 2.03 bits per heavy atom. The van der Waals surface area contributed by atoms with Crippen LogP contribution in [0.15, 0.2) is 36.4 Å². The van der Waals surface area contributed by atoms with Crippen molar-refractivity contribution in [3.8, 4) is 11.8 Å². The third kappa shape index (κ3) is 3.88. The average Bonchev–Trinajstić information content (AvgIpc) is 3.38. The molecule has 2 aliphatic heterocycles. The molecular weight excluding hydrogens is 373 g/mol. The molecule has 2 heterocycles. The van der Waals surface area contributed by atoms with Crippen LogP contribution < -0.4 is 25.8 Å². The fourth-order valence-corrected chi connectivity index (χ4v) is 3.88. The molecule has 3 N–H and O–H groups in total. The van der Waals surface area contributed by atoms with Crippen molar-refractivity contribution in [2.75, 3.05) is 37.0 Å². The summed E-state index contributed by atoms with van der Waals surface area (Å²) in [5.41, 5.74) is 8.90. The van der Waals surface area contributed by atoms with Gasteiger partial charge in [-0.15, -0.1) is 0 Å². The summed E-state index contributed by atoms with van der Waals surface area (Å²) >= 11 is 0. The van der Waals surface area contributed by atoms with E-state index in [1.54, 1.807) is 17.0 Å². The minimum Gasteiger partial charge on any atom is -0.497 e. The number of nitrogens with zero attached hydrogens (tertiary/aromatic N) is 2. The standard InChI is InChI=1S/C21H22FN5O2/c1-29-18-8-15(22)7-16(9-18)26-20-4-5-27(21(20)28)17-2-3-19(13(6-17)10-23)14-11-24-25-12-14/h2-3,6-9,14,20,24-26H,4-5,11-12H2,1H3. The van der Waals surface area contributed by atoms with Crippen LogP contribution in [0.3, 0.4) is 0 Å². The van der Waals surface area contributed by atoms with E-state index < -0.39 is 11.9 Å². The van der Waals surface area contributed by atoms with Crippen LogP contribution in [-0.2, 0) is 4.79 Å². The predicted octanol–water partition coefficient (Wildman–Crippen LogP) is 2.11. The van der Waals surface area contributed by atoms with Gasteiger partial charge in [0.1, 0.15) is 17.6 Å². The molecule has 2 saturated heterocycles. The zero-order chi connectivity index (χ0) is 20.4. The summed E-state index contributed by atoms with van der Waals surface area (Å²) < 4.78 is 18.8. The van der Waals surface area contributed by atoms with E-state index in [2.05, 4.69) is 22.2 Å². The number of methoxy groups -OCH3 is 1. The van der Waals surface area contributed by atoms with Crippen molar-refractivity contribution in [3.63, 3.8) is 0 Å². The van der Waals surface area contributed by atoms with Crippen molar-refractivity contribution in [1.29, 1.82) is 5.26 Å². The number of amides is 1. The van der Waals surface area contributed by atoms with Crippen LogP contribution in [0.1, 0.15) is 23.5 Å². The number of anilines is 2. The molecule has 2 aliphatic rings. The third-order valence-corrected chi connectivity index (χ3v) is 5.38. The molecule has 0 saturated carbocycles. The van der Waals surface area contributed by atoms with Gasteiger partial charge in [0.2, 0.25) is 5.91 Å². The lowest BCUT2D eigenvalue weighted by Gasteiger charge is -2.20. The summed E-state index contributed by atoms with van der Waals surface area (Å²) in [6.45, 7) is 2.05. The second kappa shape index (κ2) is 8.07. The van der Waals surface area contributed by atoms with Gasteiger partial charge in [-0.1, -0.05) is 6.07 Å². The Labute approximate surface area is 168 Å². The van der Waals surface area contributed by atoms with Crippen molar-refractivity contribution in [3.05, 3.63) is 53.3 Å². The van der Waals surface area contributed by atoms with Gasteiger partial charge in [0.05, 0.1) is 18.7 Å². The summed E-state index contributed by atoms with van der Waals surface area (Å²) in [6, 6.07) is 11.7. The molecule has 0 spiro atoms. The molecule has 2 fully saturated rings. The molecule has 2 aromatic rings. The highest BCUT2D eigenvalue weighted by atomic mass is 19.1. The number of carbonyl (C=O) groups is 1. The average molecular weight is 395 g/mol. The predicted molar refractivity (Wildman–Crippen MR) is 107 cm³/mol. The van der Waals surface area contributed by atoms with Crippen molar-refractivity contribution in [2.24, 2.45) is 0 Å². The lowest BCUT2D eigenvalue weighted by atomic mass is 9.95. The van der Waals surface area contributed by atoms with Gasteiger partial charge in [0.15, 0.2) is 0 Å². The van der Waals surface area contributed by atoms with E-state index >= 15 is 0 Å². The van der Waals surface area contributed by atoms with Gasteiger partial charge >= 0.3 is 0 Å². The van der Waals surface area contributed by atoms with Gasteiger partial charge in [-0.2, -0.15) is 5.26 Å². The lowest BCUT2D eigenvalue weighted by molar-refractivity contribution is -0.117. The fourth-order valence-electron chi connectivity index (χ4n) is 3.88. The van der Waals surface area contributed by atoms with Gasteiger partial charge in [0.25, 0.3) is 0 Å². The summed E-state index contributed by atoms with van der Waals surface area (Å²) in [4.78, 5) is 14.6. The van der Waals surface area contributed by atoms with E-state index in [4.69, 9.17) is 4.74 Å². The first-order chi connectivity index (χ1) is 14.1. The SMILES string of the molecule is COc1cc(F)cc(NC2CCN(c3ccc(C4CNNC4)c(C#N)c3)C2=O)c1. The van der Waals surface area contributed by atoms with Crippen molar-refractivity contribution in [2.45, 2.75) is 18.4 Å². The Morgan fingerprint density at radius 3 is 2.76 bits per heavy atom. The molecular formula is C21H22FN5O2. The first-order valence-corrected chi connectivity index (χ1v) is 9.51. The molecule has 7 nitrogen and oxygen atoms in total. The minimum absolute atomic E-state index is 0.103. The smallest absolute Gasteiger partial charge is 0.249 e. The summed E-state index contributed by atoms with van der Waals surface area (Å²) in [5, 5.41) is 12.7. The van der Waals surface area contributed by atoms with Crippen LogP contribution in [0.4, 0.5) is 15.8 Å². The van der Waals surface area contributed by atoms with Crippen molar-refractivity contribution < 1.29 is 13.9 Å². The monoisotopic (exact) mass is 395 g/mol. The van der Waals surface area contributed by atoms with E-state index in [-0.39, 0.29) is 11.8 Å². The second-order valence-corrected chi connectivity index (χ2v) is 7.20. The number of benzene rings is 2. The van der Waals surface area contributed by atoms with Crippen LogP contribution in [-0.4, -0.2) is 38.7 Å². The number of halogens is 1. The highest BCUT2D eigenvalue weighted by molar-refractivity contribution is 6.01. The van der Waals surface area contributed by atoms with Gasteiger partial charge < -0.3 is 15.0 Å². The molecule has 0 aliphatic carbocycles. The number of nitrogens with one attached hydrogen (secondary N) is 3. The Kier molecular flexibility index (Phi) is 5.34. The molecule has 150 valence electrons. The number of hydrogen-bond donors (Lipinski definition) is 3. The molecule has 2 aromatic carbocycles. The summed E-state index contributed by atoms with van der Waals surface area (Å²) in [7, 11) is 1.47. The van der Waals surface area contributed by atoms with Gasteiger partial charge in [0, 0.05) is 49.1 Å². The number of ether oxygens (including phenoxy) is 1. The zero-order valence-electron chi connectivity index (χ0n) is 16.0. The largest absolute Gasteiger partial charge is 0.497 e. The molecule has 1 unspecified atom stereocenters. The summed E-state index contributed by atoms with van der Waals surface area (Å²) in [6.07, 6.45) is 0.581. The van der Waals surface area contributed by atoms with Crippen LogP contribution in [0, 0.1) is 17.1 Å². The fraction of sp³-hybridized carbons (Fsp3) is 0.333. The molecule has 0 bridgehead atoms. The van der Waals surface area contributed by atoms with Crippen LogP contribution in [0.5, 0.6) is 5.75 Å². The van der Waals surface area contributed by atoms with Gasteiger partial charge in [-0.25, -0.2) is 4.39 Å². The highest BCUT2D eigenvalue weighted by Gasteiger charge is 2.33. The van der Waals surface area contributed by atoms with E-state index in [9.17, 15) is 14.4 Å². The maximum absolute atomic E-state index is 13.7. The summed E-state index contributed by atoms with van der Waals surface area (Å²) in [5.74, 6) is 0.0821. The van der Waals surface area contributed by atoms with Crippen molar-refractivity contribution >= 4 is 17.3 Å². The number of carbonyl (C=O) groups excluding carboxylic acids is 1. The Bertz CT molecular complexity index is 968. The highest BCUT2D eigenvalue weighted by Crippen LogP contribution is 2.29. The van der Waals surface area contributed by atoms with Crippen LogP contribution >= 0.6 is 0 Å². The van der Waals surface area contributed by atoms with E-state index in [0.717, 1.165) is 18.7 Å². The van der Waals surface area contributed by atoms with Gasteiger partial charge in [-0.3, -0.25) is 15.6 Å². The molecule has 8 heteroatoms. The topological polar surface area (TPSA) is 89.4 Å². The second-order valence-electron chi connectivity index (χ2n) is 7.20. The number of hydrazine groups is 1. The minimum atomic E-state index is -0.463. The molecule has 1 atom stereocenters. The van der Waals surface area contributed by atoms with Crippen LogP contribution in [0.25, 0.3) is 0 Å². The van der Waals surface area contributed by atoms with Crippen molar-refractivity contribution in [1.82, 2.24) is 10.9 Å². The Balaban J connectivity index is 1.51. The number of rotatable bonds is 5. The Morgan fingerprint density at radius 1 is 1.24 bits per heavy atom. The molecule has 0 radical (unpaired) electrons. The quantitative estimate of drug-likeness (QED) is 0.719. The molecule has 29 heavy (non-hydrogen) atoms. The maximum Gasteiger partial charge on any atom is 0.249 e. The Hall–Kier alpha value is -3.15. The maximum atomic E-state index is 13.7. The first kappa shape index (κ1) is 19.2. The molecule has 0 aromatic heterocycles. The number of hydrogen-bond acceptors (Lipinski definition) is 6. The molecule has 1 amide bonds. The van der Waals surface area contributed by atoms with E-state index in [0.29, 0.717) is 35.7 Å². The van der Waals surface area contributed by atoms with E-state index in [1.165, 1.54) is 19.2 Å². The number of nitriles is 1. The van der Waals surface area contributed by atoms with Crippen LogP contribution in [0.2, 0.25) is 0 Å². The van der Waals surface area contributed by atoms with Gasteiger partial charge in [-0.05, 0) is 30.2 Å². The van der Waals surface area contributed by atoms with E-state index in [1.807, 2.05) is 12.1 Å². The molecule has 4 rings (SSSR count). The normalized spacial score (nSPS) is 19.4. The third-order valence-electron chi connectivity index (χ3n) is 5.38. The first-order valence-electron chi connectivity index (χ1n) is 9.51.